The van der Waals surface area contributed by atoms with Crippen LogP contribution in [0.5, 0.6) is 5.88 Å². The average molecular weight is 312 g/mol. The minimum Gasteiger partial charge on any atom is -0.473 e. The standard InChI is InChI=1S/C14H15Cl2N3O/c1-8(2)20-14-11(17)6-7-12(19-14)18-13-9(15)4-3-5-10(13)16/h3-8H,17H2,1-2H3,(H,18,19). The SMILES string of the molecule is CC(C)Oc1nc(Nc2c(Cl)cccc2Cl)ccc1N. The van der Waals surface area contributed by atoms with Crippen LogP contribution >= 0.6 is 23.2 Å². The second-order valence-corrected chi connectivity index (χ2v) is 5.29. The molecular formula is C14H15Cl2N3O. The molecule has 0 saturated heterocycles. The molecule has 2 aromatic rings. The molecule has 0 bridgehead atoms. The van der Waals surface area contributed by atoms with E-state index in [1.807, 2.05) is 13.8 Å². The van der Waals surface area contributed by atoms with Gasteiger partial charge in [-0.05, 0) is 38.1 Å². The number of ether oxygens (including phenoxy) is 1. The van der Waals surface area contributed by atoms with Gasteiger partial charge in [0.2, 0.25) is 5.88 Å². The number of rotatable bonds is 4. The zero-order chi connectivity index (χ0) is 14.7. The van der Waals surface area contributed by atoms with E-state index in [1.165, 1.54) is 0 Å². The molecular weight excluding hydrogens is 297 g/mol. The highest BCUT2D eigenvalue weighted by Gasteiger charge is 2.10. The zero-order valence-electron chi connectivity index (χ0n) is 11.2. The summed E-state index contributed by atoms with van der Waals surface area (Å²) < 4.78 is 5.54. The third kappa shape index (κ3) is 3.46. The van der Waals surface area contributed by atoms with Crippen molar-refractivity contribution in [1.29, 1.82) is 0 Å². The number of benzene rings is 1. The van der Waals surface area contributed by atoms with Crippen LogP contribution in [0.4, 0.5) is 17.2 Å². The molecule has 0 saturated carbocycles. The van der Waals surface area contributed by atoms with Crippen molar-refractivity contribution in [2.24, 2.45) is 0 Å². The van der Waals surface area contributed by atoms with E-state index in [4.69, 9.17) is 33.7 Å². The highest BCUT2D eigenvalue weighted by Crippen LogP contribution is 2.33. The van der Waals surface area contributed by atoms with Gasteiger partial charge in [-0.15, -0.1) is 0 Å². The fourth-order valence-electron chi connectivity index (χ4n) is 1.58. The molecule has 1 aromatic heterocycles. The summed E-state index contributed by atoms with van der Waals surface area (Å²) in [5, 5.41) is 4.10. The number of nitrogens with two attached hydrogens (primary N) is 1. The Balaban J connectivity index is 2.30. The zero-order valence-corrected chi connectivity index (χ0v) is 12.7. The summed E-state index contributed by atoms with van der Waals surface area (Å²) in [5.74, 6) is 0.943. The summed E-state index contributed by atoms with van der Waals surface area (Å²) in [6.45, 7) is 3.82. The Bertz CT molecular complexity index is 597. The normalized spacial score (nSPS) is 10.7. The van der Waals surface area contributed by atoms with Gasteiger partial charge < -0.3 is 15.8 Å². The molecule has 2 rings (SSSR count). The van der Waals surface area contributed by atoms with E-state index in [-0.39, 0.29) is 6.10 Å². The first-order valence-corrected chi connectivity index (χ1v) is 6.87. The fourth-order valence-corrected chi connectivity index (χ4v) is 2.08. The van der Waals surface area contributed by atoms with Crippen LogP contribution in [0.2, 0.25) is 10.0 Å². The van der Waals surface area contributed by atoms with Gasteiger partial charge in [0.1, 0.15) is 5.82 Å². The summed E-state index contributed by atoms with van der Waals surface area (Å²) in [5.41, 5.74) is 6.91. The molecule has 0 amide bonds. The van der Waals surface area contributed by atoms with Crippen molar-refractivity contribution in [2.45, 2.75) is 20.0 Å². The number of nitrogens with zero attached hydrogens (tertiary/aromatic N) is 1. The number of hydrogen-bond donors (Lipinski definition) is 2. The van der Waals surface area contributed by atoms with Crippen LogP contribution in [0.25, 0.3) is 0 Å². The molecule has 20 heavy (non-hydrogen) atoms. The Labute approximate surface area is 127 Å². The van der Waals surface area contributed by atoms with Gasteiger partial charge in [0.25, 0.3) is 0 Å². The molecule has 6 heteroatoms. The van der Waals surface area contributed by atoms with Crippen LogP contribution in [0.15, 0.2) is 30.3 Å². The highest BCUT2D eigenvalue weighted by atomic mass is 35.5. The first kappa shape index (κ1) is 14.8. The molecule has 0 aliphatic carbocycles. The van der Waals surface area contributed by atoms with E-state index in [9.17, 15) is 0 Å². The lowest BCUT2D eigenvalue weighted by atomic mass is 10.3. The molecule has 0 radical (unpaired) electrons. The van der Waals surface area contributed by atoms with Gasteiger partial charge in [-0.3, -0.25) is 0 Å². The Hall–Kier alpha value is -1.65. The molecule has 0 spiro atoms. The van der Waals surface area contributed by atoms with Crippen molar-refractivity contribution in [3.8, 4) is 5.88 Å². The average Bonchev–Trinajstić information content (AvgIpc) is 2.37. The van der Waals surface area contributed by atoms with Crippen LogP contribution in [-0.4, -0.2) is 11.1 Å². The molecule has 0 aliphatic rings. The maximum Gasteiger partial charge on any atom is 0.239 e. The topological polar surface area (TPSA) is 60.2 Å². The Morgan fingerprint density at radius 2 is 1.80 bits per heavy atom. The largest absolute Gasteiger partial charge is 0.473 e. The second-order valence-electron chi connectivity index (χ2n) is 4.48. The molecule has 0 atom stereocenters. The number of nitrogen functional groups attached to an aromatic ring is 1. The predicted octanol–water partition coefficient (Wildman–Crippen LogP) is 4.50. The lowest BCUT2D eigenvalue weighted by Crippen LogP contribution is -2.09. The first-order valence-electron chi connectivity index (χ1n) is 6.11. The van der Waals surface area contributed by atoms with E-state index in [0.29, 0.717) is 33.1 Å². The number of pyridine rings is 1. The minimum atomic E-state index is -0.0102. The molecule has 3 N–H and O–H groups in total. The molecule has 106 valence electrons. The number of aromatic nitrogens is 1. The number of halogens is 2. The molecule has 4 nitrogen and oxygen atoms in total. The van der Waals surface area contributed by atoms with Gasteiger partial charge in [-0.1, -0.05) is 29.3 Å². The number of nitrogens with one attached hydrogen (secondary N) is 1. The highest BCUT2D eigenvalue weighted by molar-refractivity contribution is 6.39. The van der Waals surface area contributed by atoms with E-state index in [2.05, 4.69) is 10.3 Å². The van der Waals surface area contributed by atoms with Crippen LogP contribution < -0.4 is 15.8 Å². The lowest BCUT2D eigenvalue weighted by Gasteiger charge is -2.14. The summed E-state index contributed by atoms with van der Waals surface area (Å²) in [6, 6.07) is 8.73. The number of anilines is 3. The molecule has 1 heterocycles. The van der Waals surface area contributed by atoms with Crippen molar-refractivity contribution in [3.05, 3.63) is 40.4 Å². The van der Waals surface area contributed by atoms with Gasteiger partial charge in [0.15, 0.2) is 0 Å². The minimum absolute atomic E-state index is 0.0102. The second kappa shape index (κ2) is 6.20. The van der Waals surface area contributed by atoms with Gasteiger partial charge in [-0.2, -0.15) is 4.98 Å². The molecule has 0 fully saturated rings. The third-order valence-electron chi connectivity index (χ3n) is 2.45. The van der Waals surface area contributed by atoms with Gasteiger partial charge in [-0.25, -0.2) is 0 Å². The summed E-state index contributed by atoms with van der Waals surface area (Å²) in [7, 11) is 0. The van der Waals surface area contributed by atoms with Gasteiger partial charge in [0, 0.05) is 0 Å². The Morgan fingerprint density at radius 3 is 2.40 bits per heavy atom. The van der Waals surface area contributed by atoms with E-state index < -0.39 is 0 Å². The van der Waals surface area contributed by atoms with Crippen molar-refractivity contribution in [3.63, 3.8) is 0 Å². The maximum atomic E-state index is 6.10. The van der Waals surface area contributed by atoms with Crippen LogP contribution in [0.3, 0.4) is 0 Å². The monoisotopic (exact) mass is 311 g/mol. The third-order valence-corrected chi connectivity index (χ3v) is 3.08. The van der Waals surface area contributed by atoms with Crippen molar-refractivity contribution < 1.29 is 4.74 Å². The van der Waals surface area contributed by atoms with Crippen LogP contribution in [0, 0.1) is 0 Å². The molecule has 1 aromatic carbocycles. The van der Waals surface area contributed by atoms with E-state index >= 15 is 0 Å². The van der Waals surface area contributed by atoms with Crippen LogP contribution in [-0.2, 0) is 0 Å². The number of hydrogen-bond acceptors (Lipinski definition) is 4. The summed E-state index contributed by atoms with van der Waals surface area (Å²) >= 11 is 12.2. The van der Waals surface area contributed by atoms with Crippen molar-refractivity contribution >= 4 is 40.4 Å². The maximum absolute atomic E-state index is 6.10. The summed E-state index contributed by atoms with van der Waals surface area (Å²) in [4.78, 5) is 4.31. The Kier molecular flexibility index (Phi) is 4.57. The lowest BCUT2D eigenvalue weighted by molar-refractivity contribution is 0.234. The summed E-state index contributed by atoms with van der Waals surface area (Å²) in [6.07, 6.45) is -0.0102. The predicted molar refractivity (Wildman–Crippen MR) is 84.2 cm³/mol. The van der Waals surface area contributed by atoms with E-state index in [0.717, 1.165) is 0 Å². The fraction of sp³-hybridized carbons (Fsp3) is 0.214. The van der Waals surface area contributed by atoms with Gasteiger partial charge in [0.05, 0.1) is 27.5 Å². The Morgan fingerprint density at radius 1 is 1.15 bits per heavy atom. The van der Waals surface area contributed by atoms with Gasteiger partial charge >= 0.3 is 0 Å². The van der Waals surface area contributed by atoms with Crippen molar-refractivity contribution in [1.82, 2.24) is 4.98 Å². The molecule has 0 unspecified atom stereocenters. The smallest absolute Gasteiger partial charge is 0.239 e. The number of para-hydroxylation sites is 1. The van der Waals surface area contributed by atoms with Crippen LogP contribution in [0.1, 0.15) is 13.8 Å². The van der Waals surface area contributed by atoms with Crippen molar-refractivity contribution in [2.75, 3.05) is 11.1 Å². The first-order chi connectivity index (χ1) is 9.47. The quantitative estimate of drug-likeness (QED) is 0.872. The molecule has 0 aliphatic heterocycles. The van der Waals surface area contributed by atoms with E-state index in [1.54, 1.807) is 30.3 Å².